The van der Waals surface area contributed by atoms with E-state index in [1.807, 2.05) is 67.1 Å². The van der Waals surface area contributed by atoms with Gasteiger partial charge in [-0.15, -0.1) is 10.2 Å². The lowest BCUT2D eigenvalue weighted by Crippen LogP contribution is -2.41. The number of nitrogens with zero attached hydrogens (tertiary/aromatic N) is 3. The summed E-state index contributed by atoms with van der Waals surface area (Å²) in [7, 11) is 0. The van der Waals surface area contributed by atoms with Crippen molar-refractivity contribution in [1.29, 1.82) is 0 Å². The number of hydrogen-bond acceptors (Lipinski definition) is 5. The molecule has 0 saturated heterocycles. The van der Waals surface area contributed by atoms with Crippen LogP contribution in [0.3, 0.4) is 0 Å². The number of carbonyl (C=O) groups is 1. The summed E-state index contributed by atoms with van der Waals surface area (Å²) >= 11 is 7.47. The van der Waals surface area contributed by atoms with Gasteiger partial charge in [-0.1, -0.05) is 60.6 Å². The summed E-state index contributed by atoms with van der Waals surface area (Å²) in [6.07, 6.45) is 0.744. The molecule has 0 saturated carbocycles. The first kappa shape index (κ1) is 18.8. The number of hydrogen-bond donors (Lipinski definition) is 2. The molecule has 2 atom stereocenters. The third-order valence-corrected chi connectivity index (χ3v) is 6.18. The van der Waals surface area contributed by atoms with Crippen molar-refractivity contribution in [2.75, 3.05) is 10.7 Å². The average molecular weight is 414 g/mol. The third-order valence-electron chi connectivity index (χ3n) is 4.71. The molecule has 3 aromatic rings. The van der Waals surface area contributed by atoms with Crippen molar-refractivity contribution in [3.05, 3.63) is 70.5 Å². The second-order valence-corrected chi connectivity index (χ2v) is 8.13. The summed E-state index contributed by atoms with van der Waals surface area (Å²) in [5, 5.41) is 12.5. The highest BCUT2D eigenvalue weighted by Gasteiger charge is 2.37. The summed E-state index contributed by atoms with van der Waals surface area (Å²) in [4.78, 5) is 13.2. The number of halogens is 1. The zero-order chi connectivity index (χ0) is 19.7. The number of thioether (sulfide) groups is 1. The normalized spacial score (nSPS) is 18.2. The topological polar surface area (TPSA) is 71.8 Å². The lowest BCUT2D eigenvalue weighted by atomic mass is 10.0. The highest BCUT2D eigenvalue weighted by atomic mass is 35.5. The van der Waals surface area contributed by atoms with Gasteiger partial charge in [-0.05, 0) is 36.2 Å². The maximum Gasteiger partial charge on any atom is 0.240 e. The molecule has 0 radical (unpaired) electrons. The highest BCUT2D eigenvalue weighted by molar-refractivity contribution is 8.00. The monoisotopic (exact) mass is 413 g/mol. The van der Waals surface area contributed by atoms with Crippen LogP contribution < -0.4 is 10.7 Å². The van der Waals surface area contributed by atoms with E-state index in [1.54, 1.807) is 0 Å². The Labute approximate surface area is 172 Å². The number of aryl methyl sites for hydroxylation is 2. The number of para-hydroxylation sites is 1. The number of nitrogens with one attached hydrogen (secondary N) is 2. The van der Waals surface area contributed by atoms with Crippen molar-refractivity contribution in [3.8, 4) is 0 Å². The van der Waals surface area contributed by atoms with Crippen LogP contribution >= 0.6 is 23.4 Å². The molecule has 28 heavy (non-hydrogen) atoms. The highest BCUT2D eigenvalue weighted by Crippen LogP contribution is 2.38. The van der Waals surface area contributed by atoms with E-state index in [4.69, 9.17) is 11.6 Å². The predicted molar refractivity (Wildman–Crippen MR) is 112 cm³/mol. The maximum atomic E-state index is 13.2. The fourth-order valence-electron chi connectivity index (χ4n) is 3.16. The Morgan fingerprint density at radius 2 is 1.96 bits per heavy atom. The van der Waals surface area contributed by atoms with E-state index >= 15 is 0 Å². The number of aromatic nitrogens is 3. The molecule has 2 N–H and O–H groups in total. The molecule has 2 unspecified atom stereocenters. The first-order chi connectivity index (χ1) is 13.6. The Hall–Kier alpha value is -2.51. The van der Waals surface area contributed by atoms with E-state index in [0.717, 1.165) is 29.1 Å². The molecule has 0 fully saturated rings. The van der Waals surface area contributed by atoms with Gasteiger partial charge in [-0.2, -0.15) is 0 Å². The zero-order valence-corrected chi connectivity index (χ0v) is 17.1. The number of carbonyl (C=O) groups excluding carboxylic acids is 1. The van der Waals surface area contributed by atoms with Crippen LogP contribution in [0, 0.1) is 6.92 Å². The summed E-state index contributed by atoms with van der Waals surface area (Å²) in [6, 6.07) is 15.0. The summed E-state index contributed by atoms with van der Waals surface area (Å²) in [5.41, 5.74) is 6.23. The van der Waals surface area contributed by atoms with Crippen LogP contribution in [0.15, 0.2) is 53.7 Å². The fourth-order valence-corrected chi connectivity index (χ4v) is 4.39. The van der Waals surface area contributed by atoms with Crippen molar-refractivity contribution >= 4 is 35.0 Å². The first-order valence-corrected chi connectivity index (χ1v) is 10.3. The minimum absolute atomic E-state index is 0.0842. The van der Waals surface area contributed by atoms with Crippen molar-refractivity contribution in [1.82, 2.24) is 14.9 Å². The number of amides is 1. The maximum absolute atomic E-state index is 13.2. The molecule has 0 aliphatic carbocycles. The summed E-state index contributed by atoms with van der Waals surface area (Å²) in [6.45, 7) is 4.00. The predicted octanol–water partition coefficient (Wildman–Crippen LogP) is 4.20. The Kier molecular flexibility index (Phi) is 5.28. The Morgan fingerprint density at radius 1 is 1.21 bits per heavy atom. The van der Waals surface area contributed by atoms with Gasteiger partial charge in [0.2, 0.25) is 11.1 Å². The van der Waals surface area contributed by atoms with Crippen molar-refractivity contribution < 1.29 is 4.79 Å². The molecule has 4 rings (SSSR count). The Morgan fingerprint density at radius 3 is 2.68 bits per heavy atom. The Bertz CT molecular complexity index is 1000. The molecule has 1 amide bonds. The van der Waals surface area contributed by atoms with E-state index in [2.05, 4.69) is 20.9 Å². The number of benzene rings is 2. The van der Waals surface area contributed by atoms with Crippen LogP contribution in [0.2, 0.25) is 5.02 Å². The molecule has 1 aliphatic rings. The SMILES string of the molecule is CCc1nnc2n1NC(c1ccc(Cl)cc1)C(C(=O)Nc1ccccc1C)S2. The van der Waals surface area contributed by atoms with Crippen molar-refractivity contribution in [2.45, 2.75) is 36.7 Å². The molecule has 144 valence electrons. The number of fused-ring (bicyclic) bond motifs is 1. The molecule has 1 aromatic heterocycles. The van der Waals surface area contributed by atoms with Crippen LogP contribution in [0.4, 0.5) is 5.69 Å². The molecule has 2 heterocycles. The molecule has 8 heteroatoms. The van der Waals surface area contributed by atoms with Gasteiger partial charge >= 0.3 is 0 Å². The minimum Gasteiger partial charge on any atom is -0.325 e. The molecule has 6 nitrogen and oxygen atoms in total. The van der Waals surface area contributed by atoms with E-state index in [-0.39, 0.29) is 11.9 Å². The van der Waals surface area contributed by atoms with Gasteiger partial charge in [-0.3, -0.25) is 4.79 Å². The second-order valence-electron chi connectivity index (χ2n) is 6.59. The van der Waals surface area contributed by atoms with Gasteiger partial charge in [0, 0.05) is 17.1 Å². The quantitative estimate of drug-likeness (QED) is 0.670. The largest absolute Gasteiger partial charge is 0.325 e. The molecule has 0 bridgehead atoms. The van der Waals surface area contributed by atoms with Gasteiger partial charge < -0.3 is 10.7 Å². The number of rotatable bonds is 4. The standard InChI is InChI=1S/C20H20ClN5OS/c1-3-16-23-24-20-26(16)25-17(13-8-10-14(21)11-9-13)18(28-20)19(27)22-15-7-5-4-6-12(15)2/h4-11,17-18,25H,3H2,1-2H3,(H,22,27). The third kappa shape index (κ3) is 3.59. The molecule has 2 aromatic carbocycles. The van der Waals surface area contributed by atoms with Crippen molar-refractivity contribution in [2.24, 2.45) is 0 Å². The van der Waals surface area contributed by atoms with Crippen LogP contribution in [-0.2, 0) is 11.2 Å². The molecule has 0 spiro atoms. The first-order valence-electron chi connectivity index (χ1n) is 9.06. The van der Waals surface area contributed by atoms with E-state index in [9.17, 15) is 4.79 Å². The molecular weight excluding hydrogens is 394 g/mol. The lowest BCUT2D eigenvalue weighted by molar-refractivity contribution is -0.116. The van der Waals surface area contributed by atoms with E-state index < -0.39 is 5.25 Å². The average Bonchev–Trinajstić information content (AvgIpc) is 3.11. The Balaban J connectivity index is 1.68. The second kappa shape index (κ2) is 7.85. The van der Waals surface area contributed by atoms with Gasteiger partial charge in [-0.25, -0.2) is 4.68 Å². The van der Waals surface area contributed by atoms with E-state index in [0.29, 0.717) is 10.2 Å². The van der Waals surface area contributed by atoms with Crippen LogP contribution in [0.25, 0.3) is 0 Å². The van der Waals surface area contributed by atoms with Crippen LogP contribution in [-0.4, -0.2) is 26.0 Å². The van der Waals surface area contributed by atoms with Gasteiger partial charge in [0.15, 0.2) is 5.82 Å². The molecule has 1 aliphatic heterocycles. The lowest BCUT2D eigenvalue weighted by Gasteiger charge is -2.33. The zero-order valence-electron chi connectivity index (χ0n) is 15.5. The summed E-state index contributed by atoms with van der Waals surface area (Å²) in [5.74, 6) is 0.748. The van der Waals surface area contributed by atoms with Gasteiger partial charge in [0.1, 0.15) is 5.25 Å². The fraction of sp³-hybridized carbons (Fsp3) is 0.250. The molecular formula is C20H20ClN5OS. The summed E-state index contributed by atoms with van der Waals surface area (Å²) < 4.78 is 1.88. The van der Waals surface area contributed by atoms with Crippen LogP contribution in [0.5, 0.6) is 0 Å². The van der Waals surface area contributed by atoms with Crippen molar-refractivity contribution in [3.63, 3.8) is 0 Å². The van der Waals surface area contributed by atoms with Crippen LogP contribution in [0.1, 0.15) is 29.9 Å². The minimum atomic E-state index is -0.415. The smallest absolute Gasteiger partial charge is 0.240 e. The van der Waals surface area contributed by atoms with Gasteiger partial charge in [0.25, 0.3) is 0 Å². The van der Waals surface area contributed by atoms with Gasteiger partial charge in [0.05, 0.1) is 6.04 Å². The van der Waals surface area contributed by atoms with E-state index in [1.165, 1.54) is 11.8 Å². The number of anilines is 1.